The number of nitrogens with one attached hydrogen (secondary N) is 2. The van der Waals surface area contributed by atoms with E-state index in [1.54, 1.807) is 24.7 Å². The molecule has 4 nitrogen and oxygen atoms in total. The van der Waals surface area contributed by atoms with Crippen molar-refractivity contribution in [3.05, 3.63) is 52.0 Å². The van der Waals surface area contributed by atoms with E-state index in [4.69, 9.17) is 23.2 Å². The Balaban J connectivity index is 1.72. The molecule has 0 saturated heterocycles. The van der Waals surface area contributed by atoms with Gasteiger partial charge in [-0.1, -0.05) is 29.3 Å². The van der Waals surface area contributed by atoms with Crippen LogP contribution < -0.4 is 5.32 Å². The molecular weight excluding hydrogens is 297 g/mol. The fraction of sp³-hybridized carbons (Fsp3) is 0.286. The van der Waals surface area contributed by atoms with Crippen LogP contribution in [0.2, 0.25) is 10.0 Å². The second kappa shape index (κ2) is 7.31. The number of aryl methyl sites for hydroxylation is 1. The SMILES string of the molecule is O=C(CCc1ccc(Cl)cc1Cl)NCCc1cnc[nH]1. The predicted molar refractivity (Wildman–Crippen MR) is 80.1 cm³/mol. The molecule has 0 atom stereocenters. The molecule has 0 spiro atoms. The van der Waals surface area contributed by atoms with Crippen LogP contribution in [0.1, 0.15) is 17.7 Å². The van der Waals surface area contributed by atoms with Crippen molar-refractivity contribution in [3.63, 3.8) is 0 Å². The highest BCUT2D eigenvalue weighted by Crippen LogP contribution is 2.21. The van der Waals surface area contributed by atoms with Crippen molar-refractivity contribution in [2.45, 2.75) is 19.3 Å². The van der Waals surface area contributed by atoms with Gasteiger partial charge in [0.05, 0.1) is 6.33 Å². The number of rotatable bonds is 6. The van der Waals surface area contributed by atoms with Crippen LogP contribution in [-0.2, 0) is 17.6 Å². The summed E-state index contributed by atoms with van der Waals surface area (Å²) in [4.78, 5) is 18.6. The number of benzene rings is 1. The van der Waals surface area contributed by atoms with Crippen LogP contribution in [0.15, 0.2) is 30.7 Å². The van der Waals surface area contributed by atoms with Gasteiger partial charge in [0.25, 0.3) is 0 Å². The number of aromatic amines is 1. The zero-order chi connectivity index (χ0) is 14.4. The van der Waals surface area contributed by atoms with E-state index >= 15 is 0 Å². The fourth-order valence-corrected chi connectivity index (χ4v) is 2.32. The summed E-state index contributed by atoms with van der Waals surface area (Å²) >= 11 is 11.9. The van der Waals surface area contributed by atoms with Crippen molar-refractivity contribution in [1.82, 2.24) is 15.3 Å². The summed E-state index contributed by atoms with van der Waals surface area (Å²) in [6, 6.07) is 5.32. The second-order valence-corrected chi connectivity index (χ2v) is 5.26. The first-order chi connectivity index (χ1) is 9.65. The molecule has 2 aromatic rings. The summed E-state index contributed by atoms with van der Waals surface area (Å²) in [7, 11) is 0. The zero-order valence-corrected chi connectivity index (χ0v) is 12.3. The average molecular weight is 312 g/mol. The minimum atomic E-state index is 0.00975. The van der Waals surface area contributed by atoms with Crippen LogP contribution in [0.3, 0.4) is 0 Å². The number of hydrogen-bond donors (Lipinski definition) is 2. The van der Waals surface area contributed by atoms with E-state index in [-0.39, 0.29) is 5.91 Å². The quantitative estimate of drug-likeness (QED) is 0.861. The summed E-state index contributed by atoms with van der Waals surface area (Å²) in [5.41, 5.74) is 1.94. The van der Waals surface area contributed by atoms with Gasteiger partial charge in [0.1, 0.15) is 0 Å². The number of halogens is 2. The monoisotopic (exact) mass is 311 g/mol. The number of imidazole rings is 1. The third-order valence-electron chi connectivity index (χ3n) is 2.91. The van der Waals surface area contributed by atoms with E-state index in [0.717, 1.165) is 17.7 Å². The molecule has 1 heterocycles. The molecule has 1 aromatic carbocycles. The first-order valence-corrected chi connectivity index (χ1v) is 7.08. The van der Waals surface area contributed by atoms with Gasteiger partial charge in [-0.3, -0.25) is 4.79 Å². The Kier molecular flexibility index (Phi) is 5.44. The van der Waals surface area contributed by atoms with E-state index in [9.17, 15) is 4.79 Å². The molecule has 1 aromatic heterocycles. The molecule has 0 bridgehead atoms. The molecule has 0 saturated carbocycles. The van der Waals surface area contributed by atoms with Crippen LogP contribution >= 0.6 is 23.2 Å². The Morgan fingerprint density at radius 2 is 2.15 bits per heavy atom. The van der Waals surface area contributed by atoms with Crippen LogP contribution in [0.4, 0.5) is 0 Å². The van der Waals surface area contributed by atoms with Crippen molar-refractivity contribution < 1.29 is 4.79 Å². The van der Waals surface area contributed by atoms with Gasteiger partial charge in [-0.15, -0.1) is 0 Å². The Hall–Kier alpha value is -1.52. The lowest BCUT2D eigenvalue weighted by Gasteiger charge is -2.06. The molecule has 106 valence electrons. The standard InChI is InChI=1S/C14H15Cl2N3O/c15-11-3-1-10(13(16)7-11)2-4-14(20)18-6-5-12-8-17-9-19-12/h1,3,7-9H,2,4-6H2,(H,17,19)(H,18,20). The average Bonchev–Trinajstić information content (AvgIpc) is 2.91. The predicted octanol–water partition coefficient (Wildman–Crippen LogP) is 3.01. The van der Waals surface area contributed by atoms with Gasteiger partial charge in [-0.25, -0.2) is 4.98 Å². The minimum Gasteiger partial charge on any atom is -0.356 e. The molecule has 1 amide bonds. The molecule has 20 heavy (non-hydrogen) atoms. The zero-order valence-electron chi connectivity index (χ0n) is 10.8. The smallest absolute Gasteiger partial charge is 0.220 e. The minimum absolute atomic E-state index is 0.00975. The number of nitrogens with zero attached hydrogens (tertiary/aromatic N) is 1. The van der Waals surface area contributed by atoms with Gasteiger partial charge in [0.15, 0.2) is 0 Å². The number of carbonyl (C=O) groups is 1. The van der Waals surface area contributed by atoms with Gasteiger partial charge in [-0.05, 0) is 24.1 Å². The summed E-state index contributed by atoms with van der Waals surface area (Å²) in [6.07, 6.45) is 5.13. The van der Waals surface area contributed by atoms with Crippen molar-refractivity contribution >= 4 is 29.1 Å². The maximum atomic E-state index is 11.7. The van der Waals surface area contributed by atoms with Crippen molar-refractivity contribution in [2.24, 2.45) is 0 Å². The lowest BCUT2D eigenvalue weighted by atomic mass is 10.1. The van der Waals surface area contributed by atoms with E-state index < -0.39 is 0 Å². The van der Waals surface area contributed by atoms with E-state index in [1.807, 2.05) is 6.07 Å². The topological polar surface area (TPSA) is 57.8 Å². The summed E-state index contributed by atoms with van der Waals surface area (Å²) in [5.74, 6) is 0.00975. The Morgan fingerprint density at radius 3 is 2.85 bits per heavy atom. The Morgan fingerprint density at radius 1 is 1.30 bits per heavy atom. The molecule has 6 heteroatoms. The van der Waals surface area contributed by atoms with Gasteiger partial charge in [0.2, 0.25) is 5.91 Å². The number of carbonyl (C=O) groups excluding carboxylic acids is 1. The third kappa shape index (κ3) is 4.54. The Labute approximate surface area is 127 Å². The molecule has 0 radical (unpaired) electrons. The largest absolute Gasteiger partial charge is 0.356 e. The molecule has 0 aliphatic rings. The van der Waals surface area contributed by atoms with Crippen molar-refractivity contribution in [2.75, 3.05) is 6.54 Å². The molecule has 0 fully saturated rings. The molecular formula is C14H15Cl2N3O. The van der Waals surface area contributed by atoms with E-state index in [0.29, 0.717) is 29.4 Å². The summed E-state index contributed by atoms with van der Waals surface area (Å²) in [5, 5.41) is 4.07. The normalized spacial score (nSPS) is 10.5. The number of aromatic nitrogens is 2. The van der Waals surface area contributed by atoms with Gasteiger partial charge >= 0.3 is 0 Å². The summed E-state index contributed by atoms with van der Waals surface area (Å²) in [6.45, 7) is 0.593. The van der Waals surface area contributed by atoms with Gasteiger partial charge in [0, 0.05) is 41.3 Å². The molecule has 0 aliphatic carbocycles. The number of hydrogen-bond acceptors (Lipinski definition) is 2. The molecule has 0 aliphatic heterocycles. The first-order valence-electron chi connectivity index (χ1n) is 6.33. The maximum absolute atomic E-state index is 11.7. The van der Waals surface area contributed by atoms with Crippen LogP contribution in [0.25, 0.3) is 0 Å². The highest BCUT2D eigenvalue weighted by atomic mass is 35.5. The maximum Gasteiger partial charge on any atom is 0.220 e. The summed E-state index contributed by atoms with van der Waals surface area (Å²) < 4.78 is 0. The lowest BCUT2D eigenvalue weighted by molar-refractivity contribution is -0.121. The number of amides is 1. The van der Waals surface area contributed by atoms with E-state index in [1.165, 1.54) is 0 Å². The van der Waals surface area contributed by atoms with Gasteiger partial charge in [-0.2, -0.15) is 0 Å². The van der Waals surface area contributed by atoms with Gasteiger partial charge < -0.3 is 10.3 Å². The highest BCUT2D eigenvalue weighted by molar-refractivity contribution is 6.35. The van der Waals surface area contributed by atoms with Crippen LogP contribution in [0.5, 0.6) is 0 Å². The van der Waals surface area contributed by atoms with Crippen molar-refractivity contribution in [1.29, 1.82) is 0 Å². The highest BCUT2D eigenvalue weighted by Gasteiger charge is 2.05. The molecule has 2 rings (SSSR count). The van der Waals surface area contributed by atoms with Crippen LogP contribution in [-0.4, -0.2) is 22.4 Å². The molecule has 2 N–H and O–H groups in total. The van der Waals surface area contributed by atoms with Crippen molar-refractivity contribution in [3.8, 4) is 0 Å². The second-order valence-electron chi connectivity index (χ2n) is 4.41. The fourth-order valence-electron chi connectivity index (χ4n) is 1.82. The van der Waals surface area contributed by atoms with Crippen LogP contribution in [0, 0.1) is 0 Å². The Bertz CT molecular complexity index is 570. The lowest BCUT2D eigenvalue weighted by Crippen LogP contribution is -2.25. The first kappa shape index (κ1) is 14.9. The van der Waals surface area contributed by atoms with E-state index in [2.05, 4.69) is 15.3 Å². The number of H-pyrrole nitrogens is 1. The third-order valence-corrected chi connectivity index (χ3v) is 3.49. The molecule has 0 unspecified atom stereocenters.